The van der Waals surface area contributed by atoms with E-state index in [-0.39, 0.29) is 22.3 Å². The molecule has 0 unspecified atom stereocenters. The Bertz CT molecular complexity index is 1230. The average molecular weight is 450 g/mol. The smallest absolute Gasteiger partial charge is 0.283 e. The molecule has 0 spiro atoms. The lowest BCUT2D eigenvalue weighted by molar-refractivity contribution is -0.120. The molecule has 8 heteroatoms. The number of nitrogens with zero attached hydrogens (tertiary/aromatic N) is 1. The van der Waals surface area contributed by atoms with Crippen LogP contribution < -0.4 is 15.5 Å². The number of hydrogen-bond donors (Lipinski definition) is 2. The molecule has 0 radical (unpaired) electrons. The summed E-state index contributed by atoms with van der Waals surface area (Å²) in [5.41, 5.74) is 1.50. The van der Waals surface area contributed by atoms with Crippen molar-refractivity contribution in [1.29, 1.82) is 0 Å². The van der Waals surface area contributed by atoms with Crippen LogP contribution in [0.1, 0.15) is 15.9 Å². The monoisotopic (exact) mass is 449 g/mol. The van der Waals surface area contributed by atoms with Crippen molar-refractivity contribution >= 4 is 40.7 Å². The topological polar surface area (TPSA) is 78.5 Å². The van der Waals surface area contributed by atoms with E-state index in [0.29, 0.717) is 22.7 Å². The molecule has 4 rings (SSSR count). The Hall–Kier alpha value is -3.97. The largest absolute Gasteiger partial charge is 0.350 e. The molecule has 0 fully saturated rings. The number of benzene rings is 3. The predicted molar refractivity (Wildman–Crippen MR) is 119 cm³/mol. The first kappa shape index (κ1) is 21.3. The summed E-state index contributed by atoms with van der Waals surface area (Å²) in [7, 11) is 0. The molecule has 3 amide bonds. The van der Waals surface area contributed by atoms with Gasteiger partial charge in [-0.3, -0.25) is 14.4 Å². The number of nitrogens with one attached hydrogen (secondary N) is 2. The van der Waals surface area contributed by atoms with Crippen LogP contribution in [0.25, 0.3) is 0 Å². The van der Waals surface area contributed by atoms with Gasteiger partial charge in [0.2, 0.25) is 0 Å². The third-order valence-corrected chi connectivity index (χ3v) is 5.18. The van der Waals surface area contributed by atoms with Crippen LogP contribution in [0.4, 0.5) is 15.8 Å². The van der Waals surface area contributed by atoms with Crippen molar-refractivity contribution in [2.75, 3.05) is 10.2 Å². The zero-order chi connectivity index (χ0) is 22.7. The molecule has 0 saturated carbocycles. The lowest BCUT2D eigenvalue weighted by atomic mass is 10.1. The maximum absolute atomic E-state index is 14.1. The van der Waals surface area contributed by atoms with Crippen molar-refractivity contribution in [3.05, 3.63) is 107 Å². The van der Waals surface area contributed by atoms with Gasteiger partial charge >= 0.3 is 0 Å². The van der Waals surface area contributed by atoms with Crippen molar-refractivity contribution in [2.45, 2.75) is 6.54 Å². The summed E-state index contributed by atoms with van der Waals surface area (Å²) < 4.78 is 14.1. The standard InChI is InChI=1S/C24H17ClFN3O3/c25-20-21(24(32)29(23(20)31)19-9-5-4-8-18(19)26)28-17-12-10-16(11-13-17)22(30)27-14-15-6-2-1-3-7-15/h1-13,28H,14H2,(H,27,30). The number of carbonyl (C=O) groups excluding carboxylic acids is 3. The van der Waals surface area contributed by atoms with Gasteiger partial charge in [-0.2, -0.15) is 0 Å². The van der Waals surface area contributed by atoms with Gasteiger partial charge in [-0.05, 0) is 42.0 Å². The maximum Gasteiger partial charge on any atom is 0.283 e. The minimum Gasteiger partial charge on any atom is -0.350 e. The van der Waals surface area contributed by atoms with E-state index in [0.717, 1.165) is 11.6 Å². The molecule has 0 aliphatic carbocycles. The van der Waals surface area contributed by atoms with E-state index in [1.807, 2.05) is 30.3 Å². The molecular formula is C24H17ClFN3O3. The predicted octanol–water partition coefficient (Wildman–Crippen LogP) is 4.19. The second kappa shape index (κ2) is 9.03. The van der Waals surface area contributed by atoms with Gasteiger partial charge in [-0.15, -0.1) is 0 Å². The molecule has 160 valence electrons. The van der Waals surface area contributed by atoms with Gasteiger partial charge in [-0.1, -0.05) is 54.1 Å². The molecule has 0 atom stereocenters. The van der Waals surface area contributed by atoms with Crippen molar-refractivity contribution in [3.8, 4) is 0 Å². The molecule has 3 aromatic carbocycles. The summed E-state index contributed by atoms with van der Waals surface area (Å²) in [5, 5.41) is 5.28. The highest BCUT2D eigenvalue weighted by molar-refractivity contribution is 6.53. The zero-order valence-electron chi connectivity index (χ0n) is 16.6. The zero-order valence-corrected chi connectivity index (χ0v) is 17.4. The number of anilines is 2. The minimum atomic E-state index is -0.818. The summed E-state index contributed by atoms with van der Waals surface area (Å²) >= 11 is 6.07. The van der Waals surface area contributed by atoms with E-state index < -0.39 is 17.6 Å². The van der Waals surface area contributed by atoms with Crippen molar-refractivity contribution < 1.29 is 18.8 Å². The quantitative estimate of drug-likeness (QED) is 0.553. The first-order valence-corrected chi connectivity index (χ1v) is 10.1. The molecule has 0 aromatic heterocycles. The average Bonchev–Trinajstić information content (AvgIpc) is 3.02. The van der Waals surface area contributed by atoms with Gasteiger partial charge in [0.05, 0.1) is 5.69 Å². The minimum absolute atomic E-state index is 0.166. The van der Waals surface area contributed by atoms with Crippen LogP contribution in [-0.4, -0.2) is 17.7 Å². The third kappa shape index (κ3) is 4.24. The van der Waals surface area contributed by atoms with E-state index in [1.54, 1.807) is 24.3 Å². The first-order chi connectivity index (χ1) is 15.5. The number of carbonyl (C=O) groups is 3. The summed E-state index contributed by atoms with van der Waals surface area (Å²) in [6, 6.07) is 21.3. The van der Waals surface area contributed by atoms with Crippen molar-refractivity contribution in [3.63, 3.8) is 0 Å². The highest BCUT2D eigenvalue weighted by Crippen LogP contribution is 2.31. The third-order valence-electron chi connectivity index (χ3n) is 4.83. The van der Waals surface area contributed by atoms with Gasteiger partial charge in [0.25, 0.3) is 17.7 Å². The number of amides is 3. The summed E-state index contributed by atoms with van der Waals surface area (Å²) in [6.07, 6.45) is 0. The maximum atomic E-state index is 14.1. The van der Waals surface area contributed by atoms with Crippen LogP contribution >= 0.6 is 11.6 Å². The van der Waals surface area contributed by atoms with E-state index in [1.165, 1.54) is 18.2 Å². The van der Waals surface area contributed by atoms with Crippen LogP contribution in [0.15, 0.2) is 89.6 Å². The van der Waals surface area contributed by atoms with Crippen molar-refractivity contribution in [2.24, 2.45) is 0 Å². The molecule has 2 N–H and O–H groups in total. The molecule has 6 nitrogen and oxygen atoms in total. The molecule has 0 bridgehead atoms. The Morgan fingerprint density at radius 1 is 0.875 bits per heavy atom. The Morgan fingerprint density at radius 3 is 2.22 bits per heavy atom. The Morgan fingerprint density at radius 2 is 1.53 bits per heavy atom. The molecule has 32 heavy (non-hydrogen) atoms. The van der Waals surface area contributed by atoms with Crippen LogP contribution in [-0.2, 0) is 16.1 Å². The Balaban J connectivity index is 1.45. The lowest BCUT2D eigenvalue weighted by Gasteiger charge is -2.15. The summed E-state index contributed by atoms with van der Waals surface area (Å²) in [4.78, 5) is 38.2. The summed E-state index contributed by atoms with van der Waals surface area (Å²) in [5.74, 6) is -2.56. The SMILES string of the molecule is O=C(NCc1ccccc1)c1ccc(NC2=C(Cl)C(=O)N(c3ccccc3F)C2=O)cc1. The summed E-state index contributed by atoms with van der Waals surface area (Å²) in [6.45, 7) is 0.394. The highest BCUT2D eigenvalue weighted by atomic mass is 35.5. The molecule has 3 aromatic rings. The number of imide groups is 1. The fourth-order valence-corrected chi connectivity index (χ4v) is 3.41. The Kier molecular flexibility index (Phi) is 6.00. The molecule has 0 saturated heterocycles. The van der Waals surface area contributed by atoms with Crippen LogP contribution in [0.2, 0.25) is 0 Å². The van der Waals surface area contributed by atoms with E-state index >= 15 is 0 Å². The van der Waals surface area contributed by atoms with E-state index in [9.17, 15) is 18.8 Å². The van der Waals surface area contributed by atoms with Gasteiger partial charge in [0.1, 0.15) is 16.5 Å². The van der Waals surface area contributed by atoms with Gasteiger partial charge in [-0.25, -0.2) is 9.29 Å². The normalized spacial score (nSPS) is 13.5. The first-order valence-electron chi connectivity index (χ1n) is 9.68. The fourth-order valence-electron chi connectivity index (χ4n) is 3.19. The van der Waals surface area contributed by atoms with E-state index in [2.05, 4.69) is 10.6 Å². The fraction of sp³-hybridized carbons (Fsp3) is 0.0417. The van der Waals surface area contributed by atoms with E-state index in [4.69, 9.17) is 11.6 Å². The van der Waals surface area contributed by atoms with Gasteiger partial charge < -0.3 is 10.6 Å². The number of para-hydroxylation sites is 1. The van der Waals surface area contributed by atoms with Crippen LogP contribution in [0, 0.1) is 5.82 Å². The number of halogens is 2. The van der Waals surface area contributed by atoms with Gasteiger partial charge in [0.15, 0.2) is 0 Å². The number of hydrogen-bond acceptors (Lipinski definition) is 4. The van der Waals surface area contributed by atoms with Crippen LogP contribution in [0.3, 0.4) is 0 Å². The Labute approximate surface area is 188 Å². The molecule has 1 heterocycles. The lowest BCUT2D eigenvalue weighted by Crippen LogP contribution is -2.33. The van der Waals surface area contributed by atoms with Crippen molar-refractivity contribution in [1.82, 2.24) is 5.32 Å². The highest BCUT2D eigenvalue weighted by Gasteiger charge is 2.40. The molecule has 1 aliphatic heterocycles. The second-order valence-corrected chi connectivity index (χ2v) is 7.33. The second-order valence-electron chi connectivity index (χ2n) is 6.96. The van der Waals surface area contributed by atoms with Gasteiger partial charge in [0, 0.05) is 17.8 Å². The molecular weight excluding hydrogens is 433 g/mol. The number of rotatable bonds is 6. The molecule has 1 aliphatic rings. The van der Waals surface area contributed by atoms with Crippen LogP contribution in [0.5, 0.6) is 0 Å².